The predicted octanol–water partition coefficient (Wildman–Crippen LogP) is 10.3. The highest BCUT2D eigenvalue weighted by molar-refractivity contribution is 6.03. The third-order valence-corrected chi connectivity index (χ3v) is 9.76. The molecule has 1 aromatic heterocycles. The Bertz CT molecular complexity index is 1760. The van der Waals surface area contributed by atoms with Gasteiger partial charge in [0, 0.05) is 18.5 Å². The van der Waals surface area contributed by atoms with E-state index in [4.69, 9.17) is 4.74 Å². The zero-order valence-corrected chi connectivity index (χ0v) is 27.4. The molecule has 3 aromatic rings. The van der Waals surface area contributed by atoms with Gasteiger partial charge in [-0.05, 0) is 117 Å². The Labute approximate surface area is 275 Å². The van der Waals surface area contributed by atoms with Gasteiger partial charge in [-0.3, -0.25) is 9.78 Å². The maximum absolute atomic E-state index is 14.2. The molecule has 2 unspecified atom stereocenters. The second-order valence-electron chi connectivity index (χ2n) is 13.3. The van der Waals surface area contributed by atoms with Crippen molar-refractivity contribution in [2.24, 2.45) is 11.3 Å². The van der Waals surface area contributed by atoms with Gasteiger partial charge in [0.1, 0.15) is 5.82 Å². The minimum Gasteiger partial charge on any atom is -0.499 e. The number of aromatic nitrogens is 1. The number of hydrogen-bond donors (Lipinski definition) is 0. The van der Waals surface area contributed by atoms with Gasteiger partial charge >= 0.3 is 12.4 Å². The molecule has 1 fully saturated rings. The van der Waals surface area contributed by atoms with Crippen molar-refractivity contribution < 1.29 is 40.3 Å². The highest BCUT2D eigenvalue weighted by Crippen LogP contribution is 2.64. The van der Waals surface area contributed by atoms with Crippen molar-refractivity contribution in [3.05, 3.63) is 101 Å². The number of ether oxygens (including phenoxy) is 1. The zero-order valence-electron chi connectivity index (χ0n) is 27.4. The standard InChI is InChI=1S/C37H37F7N2O2/c1-7-48-22(3)30-19-35(30)12-10-23(11-13-35)31-18-29(28-9-8-27(38)14-21(28)2)32(20-45-31)46(6)33(47)34(4,5)24-15-25(36(39,40)41)17-26(16-24)37(42,43)44/h8-10,14-18,20,30H,3,7,11-13,19H2,1-2,4-6H3. The van der Waals surface area contributed by atoms with Crippen molar-refractivity contribution in [2.75, 3.05) is 18.6 Å². The number of pyridine rings is 1. The van der Waals surface area contributed by atoms with Gasteiger partial charge < -0.3 is 9.64 Å². The molecule has 1 heterocycles. The van der Waals surface area contributed by atoms with Gasteiger partial charge in [0.15, 0.2) is 0 Å². The molecular formula is C37H37F7N2O2. The molecule has 0 N–H and O–H groups in total. The molecule has 0 aliphatic heterocycles. The average molecular weight is 675 g/mol. The molecule has 0 bridgehead atoms. The van der Waals surface area contributed by atoms with Crippen LogP contribution in [-0.4, -0.2) is 24.5 Å². The number of anilines is 1. The number of rotatable bonds is 8. The molecule has 2 aliphatic carbocycles. The molecule has 2 aromatic carbocycles. The third-order valence-electron chi connectivity index (χ3n) is 9.76. The fourth-order valence-electron chi connectivity index (χ4n) is 6.74. The number of aryl methyl sites for hydroxylation is 1. The van der Waals surface area contributed by atoms with Crippen LogP contribution in [0, 0.1) is 24.1 Å². The smallest absolute Gasteiger partial charge is 0.416 e. The van der Waals surface area contributed by atoms with Crippen LogP contribution in [0.3, 0.4) is 0 Å². The summed E-state index contributed by atoms with van der Waals surface area (Å²) in [6, 6.07) is 7.17. The number of allylic oxidation sites excluding steroid dienone is 3. The van der Waals surface area contributed by atoms with Gasteiger partial charge in [-0.15, -0.1) is 0 Å². The first-order valence-electron chi connectivity index (χ1n) is 15.6. The van der Waals surface area contributed by atoms with E-state index in [1.54, 1.807) is 19.1 Å². The van der Waals surface area contributed by atoms with Crippen LogP contribution in [0.1, 0.15) is 74.4 Å². The summed E-state index contributed by atoms with van der Waals surface area (Å²) in [6.07, 6.45) is -3.06. The highest BCUT2D eigenvalue weighted by atomic mass is 19.4. The van der Waals surface area contributed by atoms with Crippen molar-refractivity contribution in [3.63, 3.8) is 0 Å². The molecule has 0 radical (unpaired) electrons. The number of carbonyl (C=O) groups is 1. The molecule has 2 aliphatic rings. The van der Waals surface area contributed by atoms with E-state index in [0.29, 0.717) is 47.0 Å². The summed E-state index contributed by atoms with van der Waals surface area (Å²) in [5.41, 5.74) is -1.59. The highest BCUT2D eigenvalue weighted by Gasteiger charge is 2.55. The van der Waals surface area contributed by atoms with Crippen LogP contribution in [-0.2, 0) is 27.3 Å². The first-order chi connectivity index (χ1) is 22.3. The minimum absolute atomic E-state index is 0.0340. The van der Waals surface area contributed by atoms with Gasteiger partial charge in [0.25, 0.3) is 0 Å². The van der Waals surface area contributed by atoms with E-state index in [0.717, 1.165) is 37.0 Å². The number of carbonyl (C=O) groups excluding carboxylic acids is 1. The summed E-state index contributed by atoms with van der Waals surface area (Å²) in [4.78, 5) is 19.9. The van der Waals surface area contributed by atoms with Crippen molar-refractivity contribution in [1.82, 2.24) is 4.98 Å². The Morgan fingerprint density at radius 1 is 1.00 bits per heavy atom. The summed E-state index contributed by atoms with van der Waals surface area (Å²) >= 11 is 0. The molecule has 11 heteroatoms. The van der Waals surface area contributed by atoms with Crippen LogP contribution in [0.2, 0.25) is 0 Å². The zero-order chi connectivity index (χ0) is 35.4. The summed E-state index contributed by atoms with van der Waals surface area (Å²) in [6.45, 7) is 10.8. The van der Waals surface area contributed by atoms with Crippen molar-refractivity contribution >= 4 is 17.2 Å². The number of nitrogens with zero attached hydrogens (tertiary/aromatic N) is 2. The second kappa shape index (κ2) is 12.4. The van der Waals surface area contributed by atoms with Crippen molar-refractivity contribution in [1.29, 1.82) is 0 Å². The number of amides is 1. The molecule has 4 nitrogen and oxygen atoms in total. The number of benzene rings is 2. The maximum Gasteiger partial charge on any atom is 0.416 e. The predicted molar refractivity (Wildman–Crippen MR) is 170 cm³/mol. The molecule has 2 atom stereocenters. The topological polar surface area (TPSA) is 42.4 Å². The van der Waals surface area contributed by atoms with Gasteiger partial charge in [0.05, 0.1) is 46.5 Å². The van der Waals surface area contributed by atoms with Gasteiger partial charge in [0.2, 0.25) is 5.91 Å². The van der Waals surface area contributed by atoms with Crippen LogP contribution < -0.4 is 4.90 Å². The molecular weight excluding hydrogens is 637 g/mol. The largest absolute Gasteiger partial charge is 0.499 e. The molecule has 256 valence electrons. The molecule has 1 spiro atoms. The normalized spacial score (nSPS) is 19.6. The number of alkyl halides is 6. The van der Waals surface area contributed by atoms with Gasteiger partial charge in [-0.25, -0.2) is 4.39 Å². The van der Waals surface area contributed by atoms with E-state index < -0.39 is 46.2 Å². The lowest BCUT2D eigenvalue weighted by atomic mass is 9.81. The fraction of sp³-hybridized carbons (Fsp3) is 0.405. The summed E-state index contributed by atoms with van der Waals surface area (Å²) in [5, 5.41) is 0. The lowest BCUT2D eigenvalue weighted by molar-refractivity contribution is -0.143. The van der Waals surface area contributed by atoms with Crippen molar-refractivity contribution in [2.45, 2.75) is 71.1 Å². The Hall–Kier alpha value is -4.15. The third kappa shape index (κ3) is 6.73. The summed E-state index contributed by atoms with van der Waals surface area (Å²) in [5.74, 6) is -0.120. The van der Waals surface area contributed by atoms with Crippen molar-refractivity contribution in [3.8, 4) is 11.1 Å². The molecule has 48 heavy (non-hydrogen) atoms. The SMILES string of the molecule is C=C(OCC)C1CC12CC=C(c1cc(-c3ccc(F)cc3C)c(N(C)C(=O)C(C)(C)c3cc(C(F)(F)F)cc(C(F)(F)F)c3)cn1)CC2. The first-order valence-corrected chi connectivity index (χ1v) is 15.6. The second-order valence-corrected chi connectivity index (χ2v) is 13.3. The van der Waals surface area contributed by atoms with Crippen LogP contribution in [0.5, 0.6) is 0 Å². The Morgan fingerprint density at radius 3 is 2.17 bits per heavy atom. The Kier molecular flexibility index (Phi) is 9.07. The number of likely N-dealkylation sites (N-methyl/N-ethyl adjacent to an activating group) is 1. The lowest BCUT2D eigenvalue weighted by Gasteiger charge is -2.32. The Balaban J connectivity index is 1.53. The summed E-state index contributed by atoms with van der Waals surface area (Å²) in [7, 11) is 1.39. The maximum atomic E-state index is 14.2. The van der Waals surface area contributed by atoms with Crippen LogP contribution in [0.25, 0.3) is 16.7 Å². The Morgan fingerprint density at radius 2 is 1.62 bits per heavy atom. The molecule has 1 saturated carbocycles. The van der Waals surface area contributed by atoms with E-state index in [9.17, 15) is 35.5 Å². The van der Waals surface area contributed by atoms with E-state index >= 15 is 0 Å². The van der Waals surface area contributed by atoms with Crippen LogP contribution >= 0.6 is 0 Å². The molecule has 1 amide bonds. The van der Waals surface area contributed by atoms with Gasteiger partial charge in [-0.1, -0.05) is 18.7 Å². The molecule has 5 rings (SSSR count). The van der Waals surface area contributed by atoms with Gasteiger partial charge in [-0.2, -0.15) is 26.3 Å². The summed E-state index contributed by atoms with van der Waals surface area (Å²) < 4.78 is 102. The quantitative estimate of drug-likeness (QED) is 0.176. The average Bonchev–Trinajstić information content (AvgIpc) is 3.72. The monoisotopic (exact) mass is 674 g/mol. The number of hydrogen-bond acceptors (Lipinski definition) is 3. The van der Waals surface area contributed by atoms with E-state index in [1.165, 1.54) is 44.1 Å². The van der Waals surface area contributed by atoms with E-state index in [-0.39, 0.29) is 17.2 Å². The first kappa shape index (κ1) is 35.2. The van der Waals surface area contributed by atoms with E-state index in [1.807, 2.05) is 6.92 Å². The van der Waals surface area contributed by atoms with Crippen LogP contribution in [0.4, 0.5) is 36.4 Å². The fourth-order valence-corrected chi connectivity index (χ4v) is 6.74. The minimum atomic E-state index is -5.07. The molecule has 0 saturated heterocycles. The van der Waals surface area contributed by atoms with Crippen LogP contribution in [0.15, 0.2) is 67.1 Å². The lowest BCUT2D eigenvalue weighted by Crippen LogP contribution is -2.42. The van der Waals surface area contributed by atoms with E-state index in [2.05, 4.69) is 17.6 Å². The number of halogens is 7.